The minimum Gasteiger partial charge on any atom is -0.497 e. The highest BCUT2D eigenvalue weighted by molar-refractivity contribution is 6.30. The number of amides is 2. The topological polar surface area (TPSA) is 54.5 Å². The summed E-state index contributed by atoms with van der Waals surface area (Å²) >= 11 is 6.00. The van der Waals surface area contributed by atoms with Crippen molar-refractivity contribution in [2.24, 2.45) is 0 Å². The molecule has 0 aliphatic carbocycles. The first-order valence-corrected chi connectivity index (χ1v) is 8.40. The molecule has 0 aliphatic heterocycles. The molecule has 1 N–H and O–H groups in total. The lowest BCUT2D eigenvalue weighted by molar-refractivity contribution is 0.256. The molecular weight excluding hydrogens is 350 g/mol. The van der Waals surface area contributed by atoms with Crippen LogP contribution in [0.15, 0.2) is 73.1 Å². The number of carbonyl (C=O) groups excluding carboxylic acids is 1. The predicted molar refractivity (Wildman–Crippen MR) is 104 cm³/mol. The second-order valence-electron chi connectivity index (χ2n) is 5.59. The van der Waals surface area contributed by atoms with Crippen molar-refractivity contribution in [2.45, 2.75) is 6.54 Å². The van der Waals surface area contributed by atoms with Crippen LogP contribution in [0.25, 0.3) is 0 Å². The number of aromatic nitrogens is 1. The summed E-state index contributed by atoms with van der Waals surface area (Å²) in [5.74, 6) is 0.727. The minimum atomic E-state index is -0.263. The van der Waals surface area contributed by atoms with Gasteiger partial charge in [0.15, 0.2) is 0 Å². The number of nitrogens with zero attached hydrogens (tertiary/aromatic N) is 2. The Labute approximate surface area is 157 Å². The average molecular weight is 368 g/mol. The van der Waals surface area contributed by atoms with Crippen LogP contribution in [-0.4, -0.2) is 18.1 Å². The van der Waals surface area contributed by atoms with Gasteiger partial charge < -0.3 is 10.1 Å². The molecular formula is C20H18ClN3O2. The van der Waals surface area contributed by atoms with Crippen LogP contribution in [0.1, 0.15) is 5.56 Å². The molecule has 1 heterocycles. The number of carbonyl (C=O) groups is 1. The molecule has 0 saturated heterocycles. The Morgan fingerprint density at radius 1 is 1.15 bits per heavy atom. The maximum Gasteiger partial charge on any atom is 0.326 e. The number of pyridine rings is 1. The van der Waals surface area contributed by atoms with Crippen molar-refractivity contribution in [1.82, 2.24) is 4.98 Å². The minimum absolute atomic E-state index is 0.263. The fourth-order valence-electron chi connectivity index (χ4n) is 2.47. The number of halogens is 1. The second-order valence-corrected chi connectivity index (χ2v) is 6.02. The summed E-state index contributed by atoms with van der Waals surface area (Å²) in [5.41, 5.74) is 2.30. The van der Waals surface area contributed by atoms with E-state index >= 15 is 0 Å². The molecule has 0 aliphatic rings. The zero-order chi connectivity index (χ0) is 18.4. The molecule has 5 nitrogen and oxygen atoms in total. The van der Waals surface area contributed by atoms with E-state index < -0.39 is 0 Å². The lowest BCUT2D eigenvalue weighted by Crippen LogP contribution is -2.34. The molecule has 3 aromatic rings. The number of hydrogen-bond acceptors (Lipinski definition) is 3. The van der Waals surface area contributed by atoms with E-state index in [1.54, 1.807) is 48.7 Å². The summed E-state index contributed by atoms with van der Waals surface area (Å²) in [5, 5.41) is 3.44. The van der Waals surface area contributed by atoms with Crippen LogP contribution in [0.5, 0.6) is 5.75 Å². The average Bonchev–Trinajstić information content (AvgIpc) is 2.67. The van der Waals surface area contributed by atoms with Crippen LogP contribution in [-0.2, 0) is 6.54 Å². The van der Waals surface area contributed by atoms with Crippen LogP contribution >= 0.6 is 11.6 Å². The molecule has 1 aromatic heterocycles. The summed E-state index contributed by atoms with van der Waals surface area (Å²) in [6.45, 7) is 0.382. The Hall–Kier alpha value is -3.05. The molecule has 26 heavy (non-hydrogen) atoms. The number of hydrogen-bond donors (Lipinski definition) is 1. The molecule has 2 amide bonds. The molecule has 3 rings (SSSR count). The number of urea groups is 1. The van der Waals surface area contributed by atoms with Gasteiger partial charge in [-0.1, -0.05) is 23.7 Å². The van der Waals surface area contributed by atoms with Gasteiger partial charge in [-0.3, -0.25) is 9.88 Å². The van der Waals surface area contributed by atoms with Crippen LogP contribution in [0.4, 0.5) is 16.2 Å². The first-order chi connectivity index (χ1) is 12.7. The van der Waals surface area contributed by atoms with Gasteiger partial charge in [0.2, 0.25) is 0 Å². The van der Waals surface area contributed by atoms with Crippen molar-refractivity contribution >= 4 is 29.0 Å². The highest BCUT2D eigenvalue weighted by Gasteiger charge is 2.17. The first kappa shape index (κ1) is 17.8. The van der Waals surface area contributed by atoms with E-state index in [-0.39, 0.29) is 6.03 Å². The van der Waals surface area contributed by atoms with Gasteiger partial charge in [0, 0.05) is 28.8 Å². The fourth-order valence-corrected chi connectivity index (χ4v) is 2.66. The molecule has 6 heteroatoms. The number of methoxy groups -OCH3 is 1. The monoisotopic (exact) mass is 367 g/mol. The van der Waals surface area contributed by atoms with Crippen molar-refractivity contribution in [2.75, 3.05) is 17.3 Å². The Kier molecular flexibility index (Phi) is 5.71. The van der Waals surface area contributed by atoms with E-state index in [4.69, 9.17) is 16.3 Å². The second kappa shape index (κ2) is 8.36. The van der Waals surface area contributed by atoms with E-state index in [1.807, 2.05) is 36.4 Å². The third kappa shape index (κ3) is 4.52. The Balaban J connectivity index is 1.86. The van der Waals surface area contributed by atoms with Crippen LogP contribution in [0, 0.1) is 0 Å². The summed E-state index contributed by atoms with van der Waals surface area (Å²) in [4.78, 5) is 18.7. The zero-order valence-corrected chi connectivity index (χ0v) is 15.0. The highest BCUT2D eigenvalue weighted by atomic mass is 35.5. The number of nitrogens with one attached hydrogen (secondary N) is 1. The van der Waals surface area contributed by atoms with Crippen molar-refractivity contribution in [1.29, 1.82) is 0 Å². The third-order valence-corrected chi connectivity index (χ3v) is 4.00. The summed E-state index contributed by atoms with van der Waals surface area (Å²) in [6.07, 6.45) is 3.44. The van der Waals surface area contributed by atoms with Crippen LogP contribution in [0.3, 0.4) is 0 Å². The SMILES string of the molecule is COc1ccc(N(Cc2cccnc2)C(=O)Nc2cccc(Cl)c2)cc1. The van der Waals surface area contributed by atoms with Crippen molar-refractivity contribution in [3.8, 4) is 5.75 Å². The van der Waals surface area contributed by atoms with E-state index in [1.165, 1.54) is 0 Å². The maximum absolute atomic E-state index is 12.9. The van der Waals surface area contributed by atoms with Crippen molar-refractivity contribution < 1.29 is 9.53 Å². The summed E-state index contributed by atoms with van der Waals surface area (Å²) in [7, 11) is 1.61. The lowest BCUT2D eigenvalue weighted by atomic mass is 10.2. The highest BCUT2D eigenvalue weighted by Crippen LogP contribution is 2.23. The van der Waals surface area contributed by atoms with Gasteiger partial charge in [-0.25, -0.2) is 4.79 Å². The predicted octanol–water partition coefficient (Wildman–Crippen LogP) is 4.98. The molecule has 0 spiro atoms. The summed E-state index contributed by atoms with van der Waals surface area (Å²) in [6, 6.07) is 17.9. The van der Waals surface area contributed by atoms with Crippen molar-refractivity contribution in [3.63, 3.8) is 0 Å². The standard InChI is InChI=1S/C20H18ClN3O2/c1-26-19-9-7-18(8-10-19)24(14-15-4-3-11-22-13-15)20(25)23-17-6-2-5-16(21)12-17/h2-13H,14H2,1H3,(H,23,25). The van der Waals surface area contributed by atoms with E-state index in [0.717, 1.165) is 17.0 Å². The summed E-state index contributed by atoms with van der Waals surface area (Å²) < 4.78 is 5.19. The van der Waals surface area contributed by atoms with Gasteiger partial charge in [-0.05, 0) is 54.1 Å². The molecule has 0 saturated carbocycles. The van der Waals surface area contributed by atoms with Gasteiger partial charge >= 0.3 is 6.03 Å². The van der Waals surface area contributed by atoms with E-state index in [9.17, 15) is 4.79 Å². The van der Waals surface area contributed by atoms with Gasteiger partial charge in [-0.2, -0.15) is 0 Å². The molecule has 0 fully saturated rings. The van der Waals surface area contributed by atoms with Gasteiger partial charge in [0.05, 0.1) is 13.7 Å². The molecule has 0 atom stereocenters. The Bertz CT molecular complexity index is 870. The van der Waals surface area contributed by atoms with Crippen LogP contribution in [0.2, 0.25) is 5.02 Å². The third-order valence-electron chi connectivity index (χ3n) is 3.77. The molecule has 2 aromatic carbocycles. The van der Waals surface area contributed by atoms with E-state index in [2.05, 4.69) is 10.3 Å². The van der Waals surface area contributed by atoms with Gasteiger partial charge in [-0.15, -0.1) is 0 Å². The first-order valence-electron chi connectivity index (χ1n) is 8.03. The van der Waals surface area contributed by atoms with Gasteiger partial charge in [0.25, 0.3) is 0 Å². The molecule has 132 valence electrons. The number of benzene rings is 2. The Morgan fingerprint density at radius 2 is 1.96 bits per heavy atom. The maximum atomic E-state index is 12.9. The largest absolute Gasteiger partial charge is 0.497 e. The molecule has 0 bridgehead atoms. The zero-order valence-electron chi connectivity index (χ0n) is 14.2. The molecule has 0 radical (unpaired) electrons. The Morgan fingerprint density at radius 3 is 2.62 bits per heavy atom. The lowest BCUT2D eigenvalue weighted by Gasteiger charge is -2.23. The van der Waals surface area contributed by atoms with Crippen molar-refractivity contribution in [3.05, 3.63) is 83.6 Å². The molecule has 0 unspecified atom stereocenters. The number of ether oxygens (including phenoxy) is 1. The van der Waals surface area contributed by atoms with E-state index in [0.29, 0.717) is 17.3 Å². The quantitative estimate of drug-likeness (QED) is 0.691. The number of anilines is 2. The fraction of sp³-hybridized carbons (Fsp3) is 0.100. The van der Waals surface area contributed by atoms with Gasteiger partial charge in [0.1, 0.15) is 5.75 Å². The number of rotatable bonds is 5. The smallest absolute Gasteiger partial charge is 0.326 e. The van der Waals surface area contributed by atoms with Crippen LogP contribution < -0.4 is 15.0 Å². The normalized spacial score (nSPS) is 10.2.